The molecule has 16 heavy (non-hydrogen) atoms. The summed E-state index contributed by atoms with van der Waals surface area (Å²) >= 11 is 0. The van der Waals surface area contributed by atoms with Crippen molar-refractivity contribution in [3.63, 3.8) is 0 Å². The van der Waals surface area contributed by atoms with E-state index in [4.69, 9.17) is 9.88 Å². The van der Waals surface area contributed by atoms with Gasteiger partial charge >= 0.3 is 0 Å². The molecule has 0 rings (SSSR count). The Hall–Kier alpha value is -0.130. The second-order valence-electron chi connectivity index (χ2n) is 4.40. The molecule has 0 aliphatic heterocycles. The minimum Gasteiger partial charge on any atom is -0.381 e. The quantitative estimate of drug-likeness (QED) is 0.603. The van der Waals surface area contributed by atoms with Gasteiger partial charge in [0.15, 0.2) is 0 Å². The van der Waals surface area contributed by atoms with Crippen LogP contribution >= 0.6 is 0 Å². The summed E-state index contributed by atoms with van der Waals surface area (Å²) in [4.78, 5) is 0. The van der Waals surface area contributed by atoms with Crippen LogP contribution in [0.3, 0.4) is 0 Å². The SMILES string of the molecule is CCCC(C)COCCCCCS(N)(=O)=O. The minimum absolute atomic E-state index is 0.0826. The number of nitrogens with two attached hydrogens (primary N) is 1. The predicted molar refractivity (Wildman–Crippen MR) is 66.7 cm³/mol. The number of sulfonamides is 1. The van der Waals surface area contributed by atoms with Crippen molar-refractivity contribution in [2.45, 2.75) is 46.0 Å². The fourth-order valence-corrected chi connectivity index (χ4v) is 2.15. The lowest BCUT2D eigenvalue weighted by Crippen LogP contribution is -2.16. The van der Waals surface area contributed by atoms with Crippen molar-refractivity contribution in [3.8, 4) is 0 Å². The number of primary sulfonamides is 1. The van der Waals surface area contributed by atoms with Crippen LogP contribution in [-0.2, 0) is 14.8 Å². The molecule has 0 saturated heterocycles. The highest BCUT2D eigenvalue weighted by molar-refractivity contribution is 7.89. The lowest BCUT2D eigenvalue weighted by molar-refractivity contribution is 0.0986. The molecule has 0 spiro atoms. The minimum atomic E-state index is -3.28. The largest absolute Gasteiger partial charge is 0.381 e. The van der Waals surface area contributed by atoms with Crippen LogP contribution < -0.4 is 5.14 Å². The Kier molecular flexibility index (Phi) is 8.89. The highest BCUT2D eigenvalue weighted by Crippen LogP contribution is 2.06. The van der Waals surface area contributed by atoms with E-state index in [-0.39, 0.29) is 5.75 Å². The van der Waals surface area contributed by atoms with Crippen molar-refractivity contribution in [2.24, 2.45) is 11.1 Å². The van der Waals surface area contributed by atoms with Gasteiger partial charge in [-0.05, 0) is 25.2 Å². The van der Waals surface area contributed by atoms with Crippen LogP contribution in [0.2, 0.25) is 0 Å². The van der Waals surface area contributed by atoms with E-state index in [1.54, 1.807) is 0 Å². The van der Waals surface area contributed by atoms with E-state index < -0.39 is 10.0 Å². The zero-order valence-corrected chi connectivity index (χ0v) is 11.3. The lowest BCUT2D eigenvalue weighted by atomic mass is 10.1. The molecule has 1 unspecified atom stereocenters. The lowest BCUT2D eigenvalue weighted by Gasteiger charge is -2.10. The Labute approximate surface area is 99.6 Å². The van der Waals surface area contributed by atoms with Gasteiger partial charge in [-0.2, -0.15) is 0 Å². The van der Waals surface area contributed by atoms with E-state index in [0.29, 0.717) is 12.3 Å². The van der Waals surface area contributed by atoms with Crippen molar-refractivity contribution < 1.29 is 13.2 Å². The van der Waals surface area contributed by atoms with Crippen LogP contribution in [0.4, 0.5) is 0 Å². The number of hydrogen-bond donors (Lipinski definition) is 1. The van der Waals surface area contributed by atoms with Crippen LogP contribution in [0.1, 0.15) is 46.0 Å². The molecule has 0 saturated carbocycles. The Balaban J connectivity index is 3.22. The van der Waals surface area contributed by atoms with Gasteiger partial charge in [-0.1, -0.05) is 26.7 Å². The second-order valence-corrected chi connectivity index (χ2v) is 6.13. The van der Waals surface area contributed by atoms with E-state index >= 15 is 0 Å². The van der Waals surface area contributed by atoms with Crippen molar-refractivity contribution in [3.05, 3.63) is 0 Å². The first-order valence-electron chi connectivity index (χ1n) is 6.04. The monoisotopic (exact) mass is 251 g/mol. The number of unbranched alkanes of at least 4 members (excludes halogenated alkanes) is 2. The number of ether oxygens (including phenoxy) is 1. The van der Waals surface area contributed by atoms with Crippen LogP contribution in [0, 0.1) is 5.92 Å². The van der Waals surface area contributed by atoms with Gasteiger partial charge in [-0.15, -0.1) is 0 Å². The van der Waals surface area contributed by atoms with Gasteiger partial charge < -0.3 is 4.74 Å². The number of hydrogen-bond acceptors (Lipinski definition) is 3. The Morgan fingerprint density at radius 1 is 1.25 bits per heavy atom. The molecule has 0 heterocycles. The van der Waals surface area contributed by atoms with Gasteiger partial charge in [0.1, 0.15) is 0 Å². The maximum absolute atomic E-state index is 10.6. The molecule has 0 aromatic heterocycles. The molecule has 0 radical (unpaired) electrons. The summed E-state index contributed by atoms with van der Waals surface area (Å²) in [5.41, 5.74) is 0. The highest BCUT2D eigenvalue weighted by Gasteiger charge is 2.02. The second kappa shape index (κ2) is 8.96. The van der Waals surface area contributed by atoms with Gasteiger partial charge in [-0.3, -0.25) is 0 Å². The van der Waals surface area contributed by atoms with Crippen LogP contribution in [0.25, 0.3) is 0 Å². The highest BCUT2D eigenvalue weighted by atomic mass is 32.2. The molecule has 0 aliphatic carbocycles. The molecule has 4 nitrogen and oxygen atoms in total. The van der Waals surface area contributed by atoms with Crippen molar-refractivity contribution >= 4 is 10.0 Å². The van der Waals surface area contributed by atoms with E-state index in [2.05, 4.69) is 13.8 Å². The topological polar surface area (TPSA) is 69.4 Å². The Bertz CT molecular complexity index is 252. The van der Waals surface area contributed by atoms with Crippen molar-refractivity contribution in [2.75, 3.05) is 19.0 Å². The zero-order chi connectivity index (χ0) is 12.4. The van der Waals surface area contributed by atoms with Gasteiger partial charge in [-0.25, -0.2) is 13.6 Å². The molecule has 1 atom stereocenters. The summed E-state index contributed by atoms with van der Waals surface area (Å²) in [6.07, 6.45) is 4.80. The first-order chi connectivity index (χ1) is 7.45. The van der Waals surface area contributed by atoms with Gasteiger partial charge in [0.2, 0.25) is 10.0 Å². The summed E-state index contributed by atoms with van der Waals surface area (Å²) in [5, 5.41) is 4.89. The van der Waals surface area contributed by atoms with E-state index in [0.717, 1.165) is 26.1 Å². The van der Waals surface area contributed by atoms with Gasteiger partial charge in [0.25, 0.3) is 0 Å². The smallest absolute Gasteiger partial charge is 0.209 e. The summed E-state index contributed by atoms with van der Waals surface area (Å²) in [6, 6.07) is 0. The summed E-state index contributed by atoms with van der Waals surface area (Å²) in [5.74, 6) is 0.702. The van der Waals surface area contributed by atoms with Crippen molar-refractivity contribution in [1.29, 1.82) is 0 Å². The number of rotatable bonds is 10. The van der Waals surface area contributed by atoms with E-state index in [1.807, 2.05) is 0 Å². The zero-order valence-electron chi connectivity index (χ0n) is 10.4. The molecule has 0 amide bonds. The van der Waals surface area contributed by atoms with Crippen LogP contribution in [0.5, 0.6) is 0 Å². The summed E-state index contributed by atoms with van der Waals surface area (Å²) in [6.45, 7) is 5.88. The molecule has 0 aliphatic rings. The Morgan fingerprint density at radius 3 is 2.50 bits per heavy atom. The molecular formula is C11H25NO3S. The first-order valence-corrected chi connectivity index (χ1v) is 7.75. The third-order valence-electron chi connectivity index (χ3n) is 2.40. The molecule has 0 aromatic rings. The Morgan fingerprint density at radius 2 is 1.94 bits per heavy atom. The third kappa shape index (κ3) is 11.9. The van der Waals surface area contributed by atoms with Crippen LogP contribution in [-0.4, -0.2) is 27.4 Å². The fraction of sp³-hybridized carbons (Fsp3) is 1.00. The molecule has 5 heteroatoms. The molecular weight excluding hydrogens is 226 g/mol. The molecule has 0 fully saturated rings. The van der Waals surface area contributed by atoms with Gasteiger partial charge in [0.05, 0.1) is 5.75 Å². The van der Waals surface area contributed by atoms with Crippen LogP contribution in [0.15, 0.2) is 0 Å². The maximum atomic E-state index is 10.6. The van der Waals surface area contributed by atoms with Gasteiger partial charge in [0, 0.05) is 13.2 Å². The summed E-state index contributed by atoms with van der Waals surface area (Å²) in [7, 11) is -3.28. The normalized spacial score (nSPS) is 13.9. The van der Waals surface area contributed by atoms with E-state index in [9.17, 15) is 8.42 Å². The standard InChI is InChI=1S/C11H25NO3S/c1-3-7-11(2)10-15-8-5-4-6-9-16(12,13)14/h11H,3-10H2,1-2H3,(H2,12,13,14). The molecule has 98 valence electrons. The maximum Gasteiger partial charge on any atom is 0.209 e. The third-order valence-corrected chi connectivity index (χ3v) is 3.26. The average Bonchev–Trinajstić information content (AvgIpc) is 2.15. The van der Waals surface area contributed by atoms with E-state index in [1.165, 1.54) is 12.8 Å². The predicted octanol–water partition coefficient (Wildman–Crippen LogP) is 1.90. The molecule has 0 bridgehead atoms. The average molecular weight is 251 g/mol. The first kappa shape index (κ1) is 15.9. The molecule has 0 aromatic carbocycles. The molecule has 2 N–H and O–H groups in total. The fourth-order valence-electron chi connectivity index (χ4n) is 1.54. The van der Waals surface area contributed by atoms with Crippen molar-refractivity contribution in [1.82, 2.24) is 0 Å². The summed E-state index contributed by atoms with van der Waals surface area (Å²) < 4.78 is 26.8.